The van der Waals surface area contributed by atoms with Crippen LogP contribution in [0.5, 0.6) is 5.75 Å². The van der Waals surface area contributed by atoms with Crippen molar-refractivity contribution < 1.29 is 14.6 Å². The first kappa shape index (κ1) is 23.5. The summed E-state index contributed by atoms with van der Waals surface area (Å²) in [6, 6.07) is 10.6. The number of ether oxygens (including phenoxy) is 1. The van der Waals surface area contributed by atoms with E-state index in [1.165, 1.54) is 12.7 Å². The summed E-state index contributed by atoms with van der Waals surface area (Å²) < 4.78 is 5.29. The fraction of sp³-hybridized carbons (Fsp3) is 0.478. The predicted molar refractivity (Wildman–Crippen MR) is 116 cm³/mol. The van der Waals surface area contributed by atoms with Crippen LogP contribution in [0.15, 0.2) is 36.5 Å². The van der Waals surface area contributed by atoms with Gasteiger partial charge in [-0.2, -0.15) is 0 Å². The van der Waals surface area contributed by atoms with Crippen molar-refractivity contribution in [3.05, 3.63) is 53.3 Å². The average Bonchev–Trinajstić information content (AvgIpc) is 2.77. The van der Waals surface area contributed by atoms with Crippen LogP contribution in [-0.4, -0.2) is 36.3 Å². The van der Waals surface area contributed by atoms with Gasteiger partial charge in [-0.15, -0.1) is 0 Å². The van der Waals surface area contributed by atoms with Crippen molar-refractivity contribution in [2.24, 2.45) is 0 Å². The number of rotatable bonds is 4. The van der Waals surface area contributed by atoms with Crippen LogP contribution in [0.1, 0.15) is 68.1 Å². The second kappa shape index (κ2) is 12.0. The van der Waals surface area contributed by atoms with Crippen LogP contribution in [0.25, 0.3) is 0 Å². The number of benzene rings is 1. The minimum absolute atomic E-state index is 0.0297. The summed E-state index contributed by atoms with van der Waals surface area (Å²) in [5.74, 6) is -0.134. The van der Waals surface area contributed by atoms with Gasteiger partial charge in [0, 0.05) is 18.7 Å². The molecule has 1 N–H and O–H groups in total. The molecular weight excluding hydrogens is 352 g/mol. The van der Waals surface area contributed by atoms with E-state index < -0.39 is 5.97 Å². The Morgan fingerprint density at radius 3 is 2.18 bits per heavy atom. The largest absolute Gasteiger partial charge is 0.494 e. The Balaban J connectivity index is 0.000000921. The number of aromatic carboxylic acids is 1. The molecule has 5 heteroatoms. The van der Waals surface area contributed by atoms with E-state index in [2.05, 4.69) is 34.1 Å². The average molecular weight is 387 g/mol. The SMILES string of the molecule is CC.CC.COc1c(C(=O)O)ncc(N2CCC(c3ccccc3)CC2)c1C. The molecule has 1 aromatic heterocycles. The first-order valence-corrected chi connectivity index (χ1v) is 10.2. The quantitative estimate of drug-likeness (QED) is 0.748. The fourth-order valence-corrected chi connectivity index (χ4v) is 3.47. The zero-order chi connectivity index (χ0) is 21.1. The molecule has 0 spiro atoms. The zero-order valence-corrected chi connectivity index (χ0v) is 18.0. The second-order valence-corrected chi connectivity index (χ2v) is 6.13. The third-order valence-electron chi connectivity index (χ3n) is 4.77. The number of carbonyl (C=O) groups is 1. The highest BCUT2D eigenvalue weighted by atomic mass is 16.5. The molecule has 0 amide bonds. The molecule has 1 aliphatic rings. The molecule has 0 radical (unpaired) electrons. The van der Waals surface area contributed by atoms with Crippen molar-refractivity contribution in [3.63, 3.8) is 0 Å². The molecule has 154 valence electrons. The van der Waals surface area contributed by atoms with E-state index in [1.807, 2.05) is 40.7 Å². The maximum Gasteiger partial charge on any atom is 0.358 e. The summed E-state index contributed by atoms with van der Waals surface area (Å²) in [7, 11) is 1.49. The first-order chi connectivity index (χ1) is 13.6. The third kappa shape index (κ3) is 5.47. The number of nitrogens with zero attached hydrogens (tertiary/aromatic N) is 2. The standard InChI is InChI=1S/C19H22N2O3.2C2H6/c1-13-16(12-20-17(19(22)23)18(13)24-2)21-10-8-15(9-11-21)14-6-4-3-5-7-14;2*1-2/h3-7,12,15H,8-11H2,1-2H3,(H,22,23);2*1-2H3. The Labute approximate surface area is 169 Å². The van der Waals surface area contributed by atoms with Crippen molar-refractivity contribution in [1.29, 1.82) is 0 Å². The Morgan fingerprint density at radius 2 is 1.68 bits per heavy atom. The van der Waals surface area contributed by atoms with Gasteiger partial charge in [0.2, 0.25) is 0 Å². The van der Waals surface area contributed by atoms with E-state index in [1.54, 1.807) is 6.20 Å². The van der Waals surface area contributed by atoms with Crippen LogP contribution in [0.2, 0.25) is 0 Å². The first-order valence-electron chi connectivity index (χ1n) is 10.2. The van der Waals surface area contributed by atoms with Crippen molar-refractivity contribution in [2.45, 2.75) is 53.4 Å². The molecule has 1 aliphatic heterocycles. The van der Waals surface area contributed by atoms with E-state index in [-0.39, 0.29) is 5.69 Å². The molecule has 2 aromatic rings. The van der Waals surface area contributed by atoms with Crippen LogP contribution in [0.3, 0.4) is 0 Å². The molecule has 2 heterocycles. The monoisotopic (exact) mass is 386 g/mol. The number of methoxy groups -OCH3 is 1. The molecule has 3 rings (SSSR count). The normalized spacial score (nSPS) is 13.6. The van der Waals surface area contributed by atoms with E-state index in [0.29, 0.717) is 11.7 Å². The van der Waals surface area contributed by atoms with E-state index in [0.717, 1.165) is 37.2 Å². The summed E-state index contributed by atoms with van der Waals surface area (Å²) in [4.78, 5) is 17.6. The molecule has 28 heavy (non-hydrogen) atoms. The summed E-state index contributed by atoms with van der Waals surface area (Å²) >= 11 is 0. The molecule has 5 nitrogen and oxygen atoms in total. The topological polar surface area (TPSA) is 62.7 Å². The van der Waals surface area contributed by atoms with Crippen molar-refractivity contribution >= 4 is 11.7 Å². The van der Waals surface area contributed by atoms with E-state index >= 15 is 0 Å². The summed E-state index contributed by atoms with van der Waals surface area (Å²) in [6.07, 6.45) is 3.81. The van der Waals surface area contributed by atoms with Gasteiger partial charge in [0.25, 0.3) is 0 Å². The van der Waals surface area contributed by atoms with Crippen LogP contribution in [0.4, 0.5) is 5.69 Å². The summed E-state index contributed by atoms with van der Waals surface area (Å²) in [6.45, 7) is 11.8. The van der Waals surface area contributed by atoms with Gasteiger partial charge >= 0.3 is 5.97 Å². The number of hydrogen-bond donors (Lipinski definition) is 1. The maximum absolute atomic E-state index is 11.3. The summed E-state index contributed by atoms with van der Waals surface area (Å²) in [5, 5.41) is 9.23. The zero-order valence-electron chi connectivity index (χ0n) is 18.0. The lowest BCUT2D eigenvalue weighted by molar-refractivity contribution is 0.0686. The lowest BCUT2D eigenvalue weighted by Crippen LogP contribution is -2.33. The lowest BCUT2D eigenvalue weighted by atomic mass is 9.89. The molecule has 0 atom stereocenters. The van der Waals surface area contributed by atoms with Crippen LogP contribution < -0.4 is 9.64 Å². The van der Waals surface area contributed by atoms with Gasteiger partial charge in [0.05, 0.1) is 19.0 Å². The highest BCUT2D eigenvalue weighted by Crippen LogP contribution is 2.35. The van der Waals surface area contributed by atoms with Crippen LogP contribution in [-0.2, 0) is 0 Å². The summed E-state index contributed by atoms with van der Waals surface area (Å²) in [5.41, 5.74) is 3.16. The minimum atomic E-state index is -1.07. The molecule has 0 bridgehead atoms. The molecule has 1 fully saturated rings. The highest BCUT2D eigenvalue weighted by molar-refractivity contribution is 5.90. The number of piperidine rings is 1. The van der Waals surface area contributed by atoms with Gasteiger partial charge in [-0.1, -0.05) is 58.0 Å². The molecule has 0 saturated carbocycles. The minimum Gasteiger partial charge on any atom is -0.494 e. The number of hydrogen-bond acceptors (Lipinski definition) is 4. The van der Waals surface area contributed by atoms with Gasteiger partial charge in [0.15, 0.2) is 11.4 Å². The highest BCUT2D eigenvalue weighted by Gasteiger charge is 2.25. The number of pyridine rings is 1. The number of carboxylic acid groups (broad SMARTS) is 1. The molecule has 1 saturated heterocycles. The van der Waals surface area contributed by atoms with Crippen molar-refractivity contribution in [3.8, 4) is 5.75 Å². The Hall–Kier alpha value is -2.56. The fourth-order valence-electron chi connectivity index (χ4n) is 3.47. The van der Waals surface area contributed by atoms with Crippen LogP contribution in [0, 0.1) is 6.92 Å². The number of carboxylic acids is 1. The number of aromatic nitrogens is 1. The lowest BCUT2D eigenvalue weighted by Gasteiger charge is -2.34. The van der Waals surface area contributed by atoms with Crippen molar-refractivity contribution in [1.82, 2.24) is 4.98 Å². The van der Waals surface area contributed by atoms with Gasteiger partial charge in [-0.05, 0) is 31.2 Å². The van der Waals surface area contributed by atoms with Gasteiger partial charge in [-0.25, -0.2) is 9.78 Å². The van der Waals surface area contributed by atoms with Crippen molar-refractivity contribution in [2.75, 3.05) is 25.1 Å². The second-order valence-electron chi connectivity index (χ2n) is 6.13. The number of anilines is 1. The van der Waals surface area contributed by atoms with E-state index in [9.17, 15) is 9.90 Å². The van der Waals surface area contributed by atoms with E-state index in [4.69, 9.17) is 4.74 Å². The van der Waals surface area contributed by atoms with Gasteiger partial charge in [-0.3, -0.25) is 0 Å². The Bertz CT molecular complexity index is 724. The Morgan fingerprint density at radius 1 is 1.11 bits per heavy atom. The Kier molecular flexibility index (Phi) is 10.1. The van der Waals surface area contributed by atoms with Gasteiger partial charge < -0.3 is 14.7 Å². The molecular formula is C23H34N2O3. The van der Waals surface area contributed by atoms with Crippen LogP contribution >= 0.6 is 0 Å². The third-order valence-corrected chi connectivity index (χ3v) is 4.77. The van der Waals surface area contributed by atoms with Gasteiger partial charge in [0.1, 0.15) is 0 Å². The maximum atomic E-state index is 11.3. The predicted octanol–water partition coefficient (Wildman–Crippen LogP) is 5.53. The smallest absolute Gasteiger partial charge is 0.358 e. The molecule has 0 aliphatic carbocycles. The molecule has 0 unspecified atom stereocenters. The molecule has 1 aromatic carbocycles.